The van der Waals surface area contributed by atoms with Gasteiger partial charge >= 0.3 is 0 Å². The van der Waals surface area contributed by atoms with Crippen molar-refractivity contribution in [1.29, 1.82) is 5.26 Å². The van der Waals surface area contributed by atoms with Gasteiger partial charge in [-0.3, -0.25) is 4.79 Å². The number of hydrogen-bond acceptors (Lipinski definition) is 3. The number of ketones is 1. The van der Waals surface area contributed by atoms with Crippen LogP contribution >= 0.6 is 0 Å². The Kier molecular flexibility index (Phi) is 2.72. The molecule has 0 saturated heterocycles. The van der Waals surface area contributed by atoms with Crippen molar-refractivity contribution in [3.63, 3.8) is 0 Å². The number of allylic oxidation sites excluding steroid dienone is 1. The molecule has 2 atom stereocenters. The van der Waals surface area contributed by atoms with Crippen molar-refractivity contribution in [3.05, 3.63) is 11.1 Å². The van der Waals surface area contributed by atoms with Gasteiger partial charge in [0.2, 0.25) is 0 Å². The number of Topliss-reactive ketones (excluding diaryl/α,β-unsaturated/α-hetero) is 1. The van der Waals surface area contributed by atoms with Crippen LogP contribution in [0.25, 0.3) is 0 Å². The van der Waals surface area contributed by atoms with Gasteiger partial charge in [-0.15, -0.1) is 0 Å². The molecule has 0 aromatic rings. The first-order chi connectivity index (χ1) is 8.20. The van der Waals surface area contributed by atoms with Gasteiger partial charge in [0.1, 0.15) is 5.78 Å². The van der Waals surface area contributed by atoms with Crippen LogP contribution in [0, 0.1) is 22.2 Å². The molecule has 2 rings (SSSR count). The average Bonchev–Trinajstić information content (AvgIpc) is 2.30. The molecule has 0 heterocycles. The van der Waals surface area contributed by atoms with E-state index in [0.29, 0.717) is 31.3 Å². The summed E-state index contributed by atoms with van der Waals surface area (Å²) in [6.07, 6.45) is 2.41. The van der Waals surface area contributed by atoms with Crippen LogP contribution in [-0.4, -0.2) is 16.5 Å². The quantitative estimate of drug-likeness (QED) is 0.716. The summed E-state index contributed by atoms with van der Waals surface area (Å²) in [4.78, 5) is 12.4. The summed E-state index contributed by atoms with van der Waals surface area (Å²) in [7, 11) is 0. The van der Waals surface area contributed by atoms with E-state index in [2.05, 4.69) is 6.07 Å². The molecule has 98 valence electrons. The third-order valence-electron chi connectivity index (χ3n) is 5.38. The van der Waals surface area contributed by atoms with Crippen LogP contribution in [0.5, 0.6) is 0 Å². The number of carbonyl (C=O) groups excluding carboxylic acids is 1. The highest BCUT2D eigenvalue weighted by Gasteiger charge is 2.65. The fourth-order valence-electron chi connectivity index (χ4n) is 3.85. The smallest absolute Gasteiger partial charge is 0.146 e. The summed E-state index contributed by atoms with van der Waals surface area (Å²) in [5.41, 5.74) is -1.01. The van der Waals surface area contributed by atoms with Crippen molar-refractivity contribution >= 4 is 5.78 Å². The van der Waals surface area contributed by atoms with Gasteiger partial charge in [0.25, 0.3) is 0 Å². The summed E-state index contributed by atoms with van der Waals surface area (Å²) in [5.74, 6) is 0.0138. The molecule has 0 bridgehead atoms. The van der Waals surface area contributed by atoms with Gasteiger partial charge < -0.3 is 5.11 Å². The minimum Gasteiger partial charge on any atom is -0.388 e. The van der Waals surface area contributed by atoms with Crippen LogP contribution in [0.3, 0.4) is 0 Å². The molecule has 3 nitrogen and oxygen atoms in total. The molecule has 18 heavy (non-hydrogen) atoms. The fourth-order valence-corrected chi connectivity index (χ4v) is 3.85. The number of aliphatic hydroxyl groups is 1. The number of rotatable bonds is 0. The van der Waals surface area contributed by atoms with Gasteiger partial charge in [-0.2, -0.15) is 5.26 Å². The monoisotopic (exact) mass is 247 g/mol. The second kappa shape index (κ2) is 3.68. The Morgan fingerprint density at radius 3 is 2.39 bits per heavy atom. The van der Waals surface area contributed by atoms with E-state index in [0.717, 1.165) is 5.57 Å². The first-order valence-corrected chi connectivity index (χ1v) is 6.57. The summed E-state index contributed by atoms with van der Waals surface area (Å²) >= 11 is 0. The molecule has 1 fully saturated rings. The SMILES string of the molecule is CC1=C(C#N)[C@@]2(C)C(=O)CCC(C)(C)[C@]2(O)CC1. The molecule has 0 radical (unpaired) electrons. The summed E-state index contributed by atoms with van der Waals surface area (Å²) < 4.78 is 0. The number of hydrogen-bond donors (Lipinski definition) is 1. The van der Waals surface area contributed by atoms with E-state index in [4.69, 9.17) is 0 Å². The second-order valence-corrected chi connectivity index (χ2v) is 6.56. The van der Waals surface area contributed by atoms with Crippen molar-refractivity contribution in [3.8, 4) is 6.07 Å². The Labute approximate surface area is 108 Å². The van der Waals surface area contributed by atoms with Crippen LogP contribution in [0.15, 0.2) is 11.1 Å². The minimum absolute atomic E-state index is 0.0138. The molecule has 0 aliphatic heterocycles. The largest absolute Gasteiger partial charge is 0.388 e. The van der Waals surface area contributed by atoms with Gasteiger partial charge in [-0.1, -0.05) is 19.4 Å². The zero-order chi connectivity index (χ0) is 13.8. The first-order valence-electron chi connectivity index (χ1n) is 6.57. The Morgan fingerprint density at radius 2 is 1.83 bits per heavy atom. The standard InChI is InChI=1S/C15H21NO2/c1-10-5-8-15(18)13(2,3)7-6-12(17)14(15,4)11(10)9-16/h18H,5-8H2,1-4H3/t14-,15+/m0/s1. The van der Waals surface area contributed by atoms with Crippen LogP contribution in [-0.2, 0) is 4.79 Å². The van der Waals surface area contributed by atoms with Crippen LogP contribution in [0.2, 0.25) is 0 Å². The first kappa shape index (κ1) is 13.3. The molecule has 1 N–H and O–H groups in total. The van der Waals surface area contributed by atoms with E-state index < -0.39 is 11.0 Å². The van der Waals surface area contributed by atoms with Crippen molar-refractivity contribution in [2.75, 3.05) is 0 Å². The topological polar surface area (TPSA) is 61.1 Å². The molecule has 0 spiro atoms. The molecule has 2 aliphatic carbocycles. The highest BCUT2D eigenvalue weighted by molar-refractivity contribution is 5.91. The van der Waals surface area contributed by atoms with Gasteiger partial charge in [0.05, 0.1) is 17.1 Å². The van der Waals surface area contributed by atoms with E-state index in [1.54, 1.807) is 6.92 Å². The Hall–Kier alpha value is -1.14. The average molecular weight is 247 g/mol. The van der Waals surface area contributed by atoms with Crippen LogP contribution < -0.4 is 0 Å². The van der Waals surface area contributed by atoms with E-state index in [-0.39, 0.29) is 11.2 Å². The molecule has 0 aromatic carbocycles. The molecular weight excluding hydrogens is 226 g/mol. The number of nitrogens with zero attached hydrogens (tertiary/aromatic N) is 1. The molecule has 0 amide bonds. The van der Waals surface area contributed by atoms with Crippen LogP contribution in [0.4, 0.5) is 0 Å². The maximum absolute atomic E-state index is 12.4. The molecule has 0 aromatic heterocycles. The summed E-state index contributed by atoms with van der Waals surface area (Å²) in [6, 6.07) is 2.19. The fraction of sp³-hybridized carbons (Fsp3) is 0.733. The zero-order valence-electron chi connectivity index (χ0n) is 11.6. The van der Waals surface area contributed by atoms with Gasteiger partial charge in [-0.05, 0) is 38.5 Å². The molecule has 0 unspecified atom stereocenters. The third-order valence-corrected chi connectivity index (χ3v) is 5.38. The lowest BCUT2D eigenvalue weighted by atomic mass is 9.47. The minimum atomic E-state index is -1.10. The van der Waals surface area contributed by atoms with Gasteiger partial charge in [0.15, 0.2) is 0 Å². The summed E-state index contributed by atoms with van der Waals surface area (Å²) in [5, 5.41) is 20.6. The van der Waals surface area contributed by atoms with Crippen molar-refractivity contribution in [2.24, 2.45) is 10.8 Å². The molecule has 1 saturated carbocycles. The maximum Gasteiger partial charge on any atom is 0.146 e. The highest BCUT2D eigenvalue weighted by atomic mass is 16.3. The molecular formula is C15H21NO2. The van der Waals surface area contributed by atoms with Crippen LogP contribution in [0.1, 0.15) is 53.4 Å². The molecule has 3 heteroatoms. The lowest BCUT2D eigenvalue weighted by Gasteiger charge is -2.58. The number of carbonyl (C=O) groups is 1. The Balaban J connectivity index is 2.72. The Bertz CT molecular complexity index is 483. The maximum atomic E-state index is 12.4. The van der Waals surface area contributed by atoms with Crippen molar-refractivity contribution in [2.45, 2.75) is 59.0 Å². The zero-order valence-corrected chi connectivity index (χ0v) is 11.6. The third kappa shape index (κ3) is 1.30. The highest BCUT2D eigenvalue weighted by Crippen LogP contribution is 2.60. The normalized spacial score (nSPS) is 39.2. The van der Waals surface area contributed by atoms with Gasteiger partial charge in [0, 0.05) is 12.0 Å². The van der Waals surface area contributed by atoms with Gasteiger partial charge in [-0.25, -0.2) is 0 Å². The Morgan fingerprint density at radius 1 is 1.22 bits per heavy atom. The number of nitriles is 1. The summed E-state index contributed by atoms with van der Waals surface area (Å²) in [6.45, 7) is 7.68. The van der Waals surface area contributed by atoms with E-state index >= 15 is 0 Å². The second-order valence-electron chi connectivity index (χ2n) is 6.56. The lowest BCUT2D eigenvalue weighted by Crippen LogP contribution is -2.65. The number of fused-ring (bicyclic) bond motifs is 1. The van der Waals surface area contributed by atoms with E-state index in [1.807, 2.05) is 20.8 Å². The predicted molar refractivity (Wildman–Crippen MR) is 68.6 cm³/mol. The predicted octanol–water partition coefficient (Wildman–Crippen LogP) is 2.75. The van der Waals surface area contributed by atoms with E-state index in [1.165, 1.54) is 0 Å². The lowest BCUT2D eigenvalue weighted by molar-refractivity contribution is -0.184. The van der Waals surface area contributed by atoms with E-state index in [9.17, 15) is 15.2 Å². The van der Waals surface area contributed by atoms with Crippen molar-refractivity contribution in [1.82, 2.24) is 0 Å². The molecule has 2 aliphatic rings. The van der Waals surface area contributed by atoms with Crippen molar-refractivity contribution < 1.29 is 9.90 Å².